The second kappa shape index (κ2) is 8.86. The van der Waals surface area contributed by atoms with E-state index in [1.807, 2.05) is 19.1 Å². The molecular formula is C23H24BrNO3S. The van der Waals surface area contributed by atoms with Gasteiger partial charge in [0.25, 0.3) is 0 Å². The van der Waals surface area contributed by atoms with E-state index in [0.717, 1.165) is 35.2 Å². The highest BCUT2D eigenvalue weighted by Crippen LogP contribution is 2.42. The zero-order chi connectivity index (χ0) is 20.4. The Hall–Kier alpha value is -1.89. The molecule has 0 saturated carbocycles. The van der Waals surface area contributed by atoms with Crippen LogP contribution in [0.3, 0.4) is 0 Å². The normalized spacial score (nSPS) is 18.6. The van der Waals surface area contributed by atoms with Crippen molar-refractivity contribution in [3.05, 3.63) is 63.4 Å². The van der Waals surface area contributed by atoms with Crippen molar-refractivity contribution < 1.29 is 14.6 Å². The monoisotopic (exact) mass is 473 g/mol. The summed E-state index contributed by atoms with van der Waals surface area (Å²) in [6.07, 6.45) is 1.62. The molecular weight excluding hydrogens is 450 g/mol. The lowest BCUT2D eigenvalue weighted by atomic mass is 9.91. The number of hydrogen-bond donors (Lipinski definition) is 1. The molecule has 1 fully saturated rings. The van der Waals surface area contributed by atoms with Gasteiger partial charge < -0.3 is 9.84 Å². The number of ether oxygens (including phenoxy) is 1. The Balaban J connectivity index is 1.86. The number of halogens is 1. The third-order valence-electron chi connectivity index (χ3n) is 5.54. The van der Waals surface area contributed by atoms with Crippen LogP contribution >= 0.6 is 27.3 Å². The van der Waals surface area contributed by atoms with Gasteiger partial charge in [-0.05, 0) is 66.9 Å². The molecule has 1 aliphatic rings. The highest BCUT2D eigenvalue weighted by Gasteiger charge is 2.33. The molecule has 2 unspecified atom stereocenters. The number of rotatable bonds is 6. The van der Waals surface area contributed by atoms with Crippen LogP contribution in [0.1, 0.15) is 36.9 Å². The topological polar surface area (TPSA) is 49.8 Å². The number of likely N-dealkylation sites (tertiary alicyclic amines) is 1. The van der Waals surface area contributed by atoms with Crippen LogP contribution in [0.4, 0.5) is 0 Å². The molecule has 0 aliphatic carbocycles. The third kappa shape index (κ3) is 4.20. The van der Waals surface area contributed by atoms with Crippen molar-refractivity contribution in [2.24, 2.45) is 5.92 Å². The highest BCUT2D eigenvalue weighted by atomic mass is 79.9. The van der Waals surface area contributed by atoms with E-state index < -0.39 is 5.97 Å². The summed E-state index contributed by atoms with van der Waals surface area (Å²) < 4.78 is 8.22. The molecule has 0 radical (unpaired) electrons. The Kier molecular flexibility index (Phi) is 6.23. The fraction of sp³-hybridized carbons (Fsp3) is 0.348. The Bertz CT molecular complexity index is 1020. The number of carbonyl (C=O) groups is 1. The molecule has 152 valence electrons. The van der Waals surface area contributed by atoms with Crippen LogP contribution in [-0.2, 0) is 4.79 Å². The van der Waals surface area contributed by atoms with E-state index in [1.54, 1.807) is 11.3 Å². The zero-order valence-electron chi connectivity index (χ0n) is 16.3. The second-order valence-electron chi connectivity index (χ2n) is 7.38. The summed E-state index contributed by atoms with van der Waals surface area (Å²) in [7, 11) is 0. The average Bonchev–Trinajstić information content (AvgIpc) is 3.14. The summed E-state index contributed by atoms with van der Waals surface area (Å²) in [6, 6.07) is 14.5. The van der Waals surface area contributed by atoms with Gasteiger partial charge in [-0.3, -0.25) is 9.69 Å². The van der Waals surface area contributed by atoms with Gasteiger partial charge in [0.05, 0.1) is 18.6 Å². The first-order valence-electron chi connectivity index (χ1n) is 9.93. The van der Waals surface area contributed by atoms with Crippen LogP contribution in [0.2, 0.25) is 0 Å². The van der Waals surface area contributed by atoms with Gasteiger partial charge in [0.1, 0.15) is 5.75 Å². The molecule has 2 heterocycles. The van der Waals surface area contributed by atoms with Crippen LogP contribution in [0.15, 0.2) is 52.3 Å². The number of nitrogens with zero attached hydrogens (tertiary/aromatic N) is 1. The smallest absolute Gasteiger partial charge is 0.307 e. The third-order valence-corrected chi connectivity index (χ3v) is 7.01. The summed E-state index contributed by atoms with van der Waals surface area (Å²) >= 11 is 5.36. The number of carboxylic acids is 1. The molecule has 0 bridgehead atoms. The quantitative estimate of drug-likeness (QED) is 0.480. The van der Waals surface area contributed by atoms with Crippen LogP contribution in [-0.4, -0.2) is 35.7 Å². The lowest BCUT2D eigenvalue weighted by Gasteiger charge is -2.38. The number of aliphatic carboxylic acids is 1. The molecule has 2 aromatic carbocycles. The highest BCUT2D eigenvalue weighted by molar-refractivity contribution is 9.10. The largest absolute Gasteiger partial charge is 0.494 e. The Morgan fingerprint density at radius 3 is 2.93 bits per heavy atom. The van der Waals surface area contributed by atoms with Crippen molar-refractivity contribution >= 4 is 43.3 Å². The van der Waals surface area contributed by atoms with Crippen molar-refractivity contribution in [3.63, 3.8) is 0 Å². The van der Waals surface area contributed by atoms with E-state index in [4.69, 9.17) is 4.74 Å². The average molecular weight is 474 g/mol. The van der Waals surface area contributed by atoms with Gasteiger partial charge in [0, 0.05) is 21.3 Å². The maximum absolute atomic E-state index is 11.7. The first-order chi connectivity index (χ1) is 14.1. The Morgan fingerprint density at radius 1 is 1.31 bits per heavy atom. The number of thiophene rings is 1. The predicted octanol–water partition coefficient (Wildman–Crippen LogP) is 5.95. The SMILES string of the molecule is CCOc1ccc(Br)cc1C(c1csc2ccccc12)N1CCCC(C(=O)O)C1. The Labute approximate surface area is 183 Å². The van der Waals surface area contributed by atoms with Gasteiger partial charge in [-0.25, -0.2) is 0 Å². The van der Waals surface area contributed by atoms with E-state index >= 15 is 0 Å². The van der Waals surface area contributed by atoms with Crippen molar-refractivity contribution in [1.29, 1.82) is 0 Å². The van der Waals surface area contributed by atoms with E-state index in [1.165, 1.54) is 15.6 Å². The van der Waals surface area contributed by atoms with Gasteiger partial charge in [-0.1, -0.05) is 34.1 Å². The first-order valence-corrected chi connectivity index (χ1v) is 11.6. The molecule has 1 aromatic heterocycles. The van der Waals surface area contributed by atoms with Crippen LogP contribution in [0.5, 0.6) is 5.75 Å². The fourth-order valence-corrected chi connectivity index (χ4v) is 5.59. The van der Waals surface area contributed by atoms with E-state index in [2.05, 4.69) is 56.5 Å². The lowest BCUT2D eigenvalue weighted by Crippen LogP contribution is -2.41. The minimum absolute atomic E-state index is 0.0488. The molecule has 6 heteroatoms. The first kappa shape index (κ1) is 20.4. The van der Waals surface area contributed by atoms with E-state index in [9.17, 15) is 9.90 Å². The van der Waals surface area contributed by atoms with E-state index in [-0.39, 0.29) is 12.0 Å². The molecule has 1 N–H and O–H groups in total. The summed E-state index contributed by atoms with van der Waals surface area (Å²) in [5, 5.41) is 13.1. The summed E-state index contributed by atoms with van der Waals surface area (Å²) in [5.41, 5.74) is 2.30. The number of carboxylic acid groups (broad SMARTS) is 1. The van der Waals surface area contributed by atoms with Crippen LogP contribution in [0, 0.1) is 5.92 Å². The number of hydrogen-bond acceptors (Lipinski definition) is 4. The fourth-order valence-electron chi connectivity index (χ4n) is 4.23. The van der Waals surface area contributed by atoms with Crippen LogP contribution < -0.4 is 4.74 Å². The molecule has 4 nitrogen and oxygen atoms in total. The molecule has 2 atom stereocenters. The molecule has 29 heavy (non-hydrogen) atoms. The van der Waals surface area contributed by atoms with Crippen LogP contribution in [0.25, 0.3) is 10.1 Å². The summed E-state index contributed by atoms with van der Waals surface area (Å²) in [6.45, 7) is 3.99. The molecule has 4 rings (SSSR count). The number of benzene rings is 2. The molecule has 1 aliphatic heterocycles. The summed E-state index contributed by atoms with van der Waals surface area (Å²) in [5.74, 6) is -0.185. The maximum Gasteiger partial charge on any atom is 0.307 e. The van der Waals surface area contributed by atoms with Gasteiger partial charge in [-0.2, -0.15) is 0 Å². The van der Waals surface area contributed by atoms with Crippen molar-refractivity contribution in [2.75, 3.05) is 19.7 Å². The molecule has 3 aromatic rings. The van der Waals surface area contributed by atoms with Gasteiger partial charge in [0.15, 0.2) is 0 Å². The lowest BCUT2D eigenvalue weighted by molar-refractivity contribution is -0.143. The molecule has 0 amide bonds. The van der Waals surface area contributed by atoms with Crippen molar-refractivity contribution in [2.45, 2.75) is 25.8 Å². The summed E-state index contributed by atoms with van der Waals surface area (Å²) in [4.78, 5) is 14.0. The zero-order valence-corrected chi connectivity index (χ0v) is 18.7. The minimum atomic E-state index is -0.706. The number of piperidine rings is 1. The van der Waals surface area contributed by atoms with E-state index in [0.29, 0.717) is 13.2 Å². The predicted molar refractivity (Wildman–Crippen MR) is 121 cm³/mol. The molecule has 1 saturated heterocycles. The number of fused-ring (bicyclic) bond motifs is 1. The van der Waals surface area contributed by atoms with Gasteiger partial charge in [0.2, 0.25) is 0 Å². The standard InChI is InChI=1S/C23H24BrNO3S/c1-2-28-20-10-9-16(24)12-18(20)22(25-11-5-6-15(13-25)23(26)27)19-14-29-21-8-4-3-7-17(19)21/h3-4,7-10,12,14-15,22H,2,5-6,11,13H2,1H3,(H,26,27). The van der Waals surface area contributed by atoms with Gasteiger partial charge in [-0.15, -0.1) is 11.3 Å². The maximum atomic E-state index is 11.7. The van der Waals surface area contributed by atoms with Crippen molar-refractivity contribution in [3.8, 4) is 5.75 Å². The van der Waals surface area contributed by atoms with Gasteiger partial charge >= 0.3 is 5.97 Å². The second-order valence-corrected chi connectivity index (χ2v) is 9.20. The molecule has 0 spiro atoms. The minimum Gasteiger partial charge on any atom is -0.494 e. The Morgan fingerprint density at radius 2 is 2.14 bits per heavy atom. The van der Waals surface area contributed by atoms with Crippen molar-refractivity contribution in [1.82, 2.24) is 4.90 Å².